The van der Waals surface area contributed by atoms with Gasteiger partial charge in [-0.2, -0.15) is 0 Å². The number of anilines is 1. The number of hydrogen-bond donors (Lipinski definition) is 1. The first kappa shape index (κ1) is 25.3. The molecule has 0 aliphatic carbocycles. The Morgan fingerprint density at radius 3 is 2.26 bits per heavy atom. The van der Waals surface area contributed by atoms with Crippen LogP contribution < -0.4 is 19.1 Å². The number of Topliss-reactive ketones (excluding diaryl/α,β-unsaturated/α-hetero) is 1. The zero-order valence-electron chi connectivity index (χ0n) is 21.3. The van der Waals surface area contributed by atoms with Crippen LogP contribution in [0.3, 0.4) is 0 Å². The van der Waals surface area contributed by atoms with E-state index in [2.05, 4.69) is 6.92 Å². The summed E-state index contributed by atoms with van der Waals surface area (Å²) in [6.07, 6.45) is 0.857. The molecule has 5 rings (SSSR count). The molecule has 0 bridgehead atoms. The lowest BCUT2D eigenvalue weighted by Gasteiger charge is -2.24. The van der Waals surface area contributed by atoms with Gasteiger partial charge in [0, 0.05) is 5.56 Å². The summed E-state index contributed by atoms with van der Waals surface area (Å²) in [4.78, 5) is 33.1. The number of carbonyl (C=O) groups is 2. The number of carbonyl (C=O) groups excluding carboxylic acids is 2. The van der Waals surface area contributed by atoms with Crippen molar-refractivity contribution < 1.29 is 28.9 Å². The molecule has 4 aromatic rings. The Bertz CT molecular complexity index is 1550. The first-order valence-corrected chi connectivity index (χ1v) is 12.8. The van der Waals surface area contributed by atoms with Gasteiger partial charge in [0.15, 0.2) is 16.6 Å². The zero-order valence-corrected chi connectivity index (χ0v) is 22.2. The molecule has 0 saturated carbocycles. The van der Waals surface area contributed by atoms with Gasteiger partial charge in [0.2, 0.25) is 5.75 Å². The van der Waals surface area contributed by atoms with Gasteiger partial charge in [-0.05, 0) is 41.8 Å². The maximum atomic E-state index is 13.6. The molecular formula is C29H26N2O6S. The van der Waals surface area contributed by atoms with Gasteiger partial charge in [0.05, 0.1) is 43.2 Å². The molecule has 1 aromatic heterocycles. The fourth-order valence-electron chi connectivity index (χ4n) is 4.64. The van der Waals surface area contributed by atoms with Crippen LogP contribution in [0.5, 0.6) is 17.2 Å². The lowest BCUT2D eigenvalue weighted by Crippen LogP contribution is -2.29. The maximum absolute atomic E-state index is 13.6. The van der Waals surface area contributed by atoms with Crippen molar-refractivity contribution in [2.24, 2.45) is 0 Å². The number of amides is 1. The second-order valence-corrected chi connectivity index (χ2v) is 9.65. The van der Waals surface area contributed by atoms with Crippen molar-refractivity contribution in [3.05, 3.63) is 82.9 Å². The molecule has 1 aliphatic rings. The van der Waals surface area contributed by atoms with Gasteiger partial charge >= 0.3 is 5.91 Å². The zero-order chi connectivity index (χ0) is 27.0. The summed E-state index contributed by atoms with van der Waals surface area (Å²) in [5, 5.41) is 11.7. The number of benzene rings is 3. The lowest BCUT2D eigenvalue weighted by atomic mass is 9.95. The average Bonchev–Trinajstić information content (AvgIpc) is 3.49. The number of aliphatic hydroxyl groups excluding tert-OH is 1. The number of hydrogen-bond acceptors (Lipinski definition) is 8. The molecule has 1 aliphatic heterocycles. The molecule has 38 heavy (non-hydrogen) atoms. The maximum Gasteiger partial charge on any atom is 0.301 e. The molecule has 1 fully saturated rings. The average molecular weight is 531 g/mol. The Morgan fingerprint density at radius 1 is 0.974 bits per heavy atom. The Hall–Kier alpha value is -4.37. The Kier molecular flexibility index (Phi) is 6.77. The third-order valence-electron chi connectivity index (χ3n) is 6.55. The first-order valence-electron chi connectivity index (χ1n) is 12.0. The van der Waals surface area contributed by atoms with Crippen LogP contribution in [-0.4, -0.2) is 43.1 Å². The van der Waals surface area contributed by atoms with Crippen LogP contribution in [0.1, 0.15) is 29.7 Å². The number of nitrogens with zero attached hydrogens (tertiary/aromatic N) is 2. The highest BCUT2D eigenvalue weighted by Crippen LogP contribution is 2.48. The summed E-state index contributed by atoms with van der Waals surface area (Å²) in [5.74, 6) is -0.798. The van der Waals surface area contributed by atoms with E-state index in [4.69, 9.17) is 19.2 Å². The third-order valence-corrected chi connectivity index (χ3v) is 7.57. The lowest BCUT2D eigenvalue weighted by molar-refractivity contribution is -0.132. The molecule has 1 unspecified atom stereocenters. The van der Waals surface area contributed by atoms with Crippen molar-refractivity contribution in [1.82, 2.24) is 4.98 Å². The fraction of sp³-hybridized carbons (Fsp3) is 0.207. The van der Waals surface area contributed by atoms with Crippen molar-refractivity contribution in [2.75, 3.05) is 26.2 Å². The van der Waals surface area contributed by atoms with Crippen molar-refractivity contribution in [3.63, 3.8) is 0 Å². The summed E-state index contributed by atoms with van der Waals surface area (Å²) >= 11 is 1.32. The summed E-state index contributed by atoms with van der Waals surface area (Å²) in [7, 11) is 4.47. The molecule has 1 atom stereocenters. The van der Waals surface area contributed by atoms with Crippen LogP contribution in [0.15, 0.2) is 66.2 Å². The molecule has 194 valence electrons. The standard InChI is InChI=1S/C29H26N2O6S/c1-5-16-11-12-19-22(13-16)38-29(30-19)31-24(18-14-20(35-2)27(37-4)21(15-18)36-3)23(26(33)28(31)34)25(32)17-9-7-6-8-10-17/h6-15,24,32H,5H2,1-4H3. The minimum atomic E-state index is -0.991. The van der Waals surface area contributed by atoms with Gasteiger partial charge < -0.3 is 19.3 Å². The molecule has 9 heteroatoms. The van der Waals surface area contributed by atoms with Gasteiger partial charge in [0.25, 0.3) is 5.78 Å². The first-order chi connectivity index (χ1) is 18.4. The smallest absolute Gasteiger partial charge is 0.301 e. The number of fused-ring (bicyclic) bond motifs is 1. The topological polar surface area (TPSA) is 98.2 Å². The molecule has 0 spiro atoms. The van der Waals surface area contributed by atoms with Gasteiger partial charge in [-0.15, -0.1) is 0 Å². The number of rotatable bonds is 7. The van der Waals surface area contributed by atoms with E-state index in [0.29, 0.717) is 33.5 Å². The van der Waals surface area contributed by atoms with Crippen LogP contribution in [0.4, 0.5) is 5.13 Å². The highest BCUT2D eigenvalue weighted by Gasteiger charge is 2.48. The monoisotopic (exact) mass is 530 g/mol. The molecule has 3 aromatic carbocycles. The van der Waals surface area contributed by atoms with Gasteiger partial charge in [-0.3, -0.25) is 14.5 Å². The minimum absolute atomic E-state index is 0.0519. The van der Waals surface area contributed by atoms with Crippen LogP contribution in [-0.2, 0) is 16.0 Å². The molecular weight excluding hydrogens is 504 g/mol. The second kappa shape index (κ2) is 10.2. The second-order valence-electron chi connectivity index (χ2n) is 8.65. The van der Waals surface area contributed by atoms with Crippen molar-refractivity contribution >= 4 is 44.1 Å². The van der Waals surface area contributed by atoms with Gasteiger partial charge in [-0.1, -0.05) is 54.7 Å². The molecule has 8 nitrogen and oxygen atoms in total. The molecule has 0 radical (unpaired) electrons. The van der Waals surface area contributed by atoms with E-state index in [9.17, 15) is 14.7 Å². The van der Waals surface area contributed by atoms with E-state index in [0.717, 1.165) is 22.2 Å². The molecule has 1 N–H and O–H groups in total. The largest absolute Gasteiger partial charge is 0.507 e. The van der Waals surface area contributed by atoms with Crippen molar-refractivity contribution in [3.8, 4) is 17.2 Å². The predicted molar refractivity (Wildman–Crippen MR) is 146 cm³/mol. The quantitative estimate of drug-likeness (QED) is 0.191. The van der Waals surface area contributed by atoms with Crippen LogP contribution in [0.25, 0.3) is 16.0 Å². The van der Waals surface area contributed by atoms with E-state index < -0.39 is 17.7 Å². The fourth-order valence-corrected chi connectivity index (χ4v) is 5.69. The van der Waals surface area contributed by atoms with Gasteiger partial charge in [0.1, 0.15) is 5.76 Å². The van der Waals surface area contributed by atoms with Crippen molar-refractivity contribution in [1.29, 1.82) is 0 Å². The predicted octanol–water partition coefficient (Wildman–Crippen LogP) is 5.51. The van der Waals surface area contributed by atoms with Crippen molar-refractivity contribution in [2.45, 2.75) is 19.4 Å². The van der Waals surface area contributed by atoms with E-state index in [-0.39, 0.29) is 11.3 Å². The summed E-state index contributed by atoms with van der Waals surface area (Å²) < 4.78 is 17.4. The highest BCUT2D eigenvalue weighted by molar-refractivity contribution is 7.22. The van der Waals surface area contributed by atoms with E-state index in [1.165, 1.54) is 37.6 Å². The molecule has 2 heterocycles. The van der Waals surface area contributed by atoms with E-state index in [1.807, 2.05) is 18.2 Å². The SMILES string of the molecule is CCc1ccc2nc(N3C(=O)C(=O)C(=C(O)c4ccccc4)C3c3cc(OC)c(OC)c(OC)c3)sc2c1. The normalized spacial score (nSPS) is 16.7. The van der Waals surface area contributed by atoms with E-state index in [1.54, 1.807) is 42.5 Å². The van der Waals surface area contributed by atoms with Crippen LogP contribution in [0.2, 0.25) is 0 Å². The van der Waals surface area contributed by atoms with Gasteiger partial charge in [-0.25, -0.2) is 4.98 Å². The Balaban J connectivity index is 1.77. The highest BCUT2D eigenvalue weighted by atomic mass is 32.1. The van der Waals surface area contributed by atoms with E-state index >= 15 is 0 Å². The van der Waals surface area contributed by atoms with Crippen LogP contribution in [0, 0.1) is 0 Å². The van der Waals surface area contributed by atoms with Crippen LogP contribution >= 0.6 is 11.3 Å². The Labute approximate surface area is 223 Å². The Morgan fingerprint density at radius 2 is 1.66 bits per heavy atom. The number of ether oxygens (including phenoxy) is 3. The number of methoxy groups -OCH3 is 3. The molecule has 1 saturated heterocycles. The summed E-state index contributed by atoms with van der Waals surface area (Å²) in [6, 6.07) is 16.9. The summed E-state index contributed by atoms with van der Waals surface area (Å²) in [5.41, 5.74) is 2.71. The number of aryl methyl sites for hydroxylation is 1. The number of aliphatic hydroxyl groups is 1. The number of aromatic nitrogens is 1. The molecule has 1 amide bonds. The number of thiazole rings is 1. The number of ketones is 1. The summed E-state index contributed by atoms with van der Waals surface area (Å²) in [6.45, 7) is 2.07. The minimum Gasteiger partial charge on any atom is -0.507 e. The third kappa shape index (κ3) is 4.14.